The van der Waals surface area contributed by atoms with E-state index in [0.29, 0.717) is 17.3 Å². The topological polar surface area (TPSA) is 55.6 Å². The summed E-state index contributed by atoms with van der Waals surface area (Å²) in [5, 5.41) is 4.40. The van der Waals surface area contributed by atoms with Crippen molar-refractivity contribution < 1.29 is 22.7 Å². The minimum absolute atomic E-state index is 0.0854. The number of carbonyl (C=O) groups excluding carboxylic acids is 1. The van der Waals surface area contributed by atoms with Crippen molar-refractivity contribution in [1.29, 1.82) is 0 Å². The molecule has 0 aliphatic rings. The molecule has 5 nitrogen and oxygen atoms in total. The molecule has 0 fully saturated rings. The van der Waals surface area contributed by atoms with E-state index in [0.717, 1.165) is 12.1 Å². The average Bonchev–Trinajstić information content (AvgIpc) is 3.15. The molecule has 1 aromatic carbocycles. The van der Waals surface area contributed by atoms with Crippen LogP contribution in [0.15, 0.2) is 35.8 Å². The van der Waals surface area contributed by atoms with E-state index in [4.69, 9.17) is 4.74 Å². The Bertz CT molecular complexity index is 902. The number of ether oxygens (including phenoxy) is 1. The number of hydrogen-bond donors (Lipinski definition) is 1. The van der Waals surface area contributed by atoms with Gasteiger partial charge >= 0.3 is 6.18 Å². The number of imidazole rings is 1. The third-order valence-electron chi connectivity index (χ3n) is 3.53. The first-order valence-electron chi connectivity index (χ1n) is 7.32. The quantitative estimate of drug-likeness (QED) is 0.701. The van der Waals surface area contributed by atoms with E-state index in [9.17, 15) is 18.0 Å². The molecule has 0 aliphatic carbocycles. The summed E-state index contributed by atoms with van der Waals surface area (Å²) in [6, 6.07) is 4.86. The summed E-state index contributed by atoms with van der Waals surface area (Å²) in [6.45, 7) is 0.607. The molecule has 2 heterocycles. The fraction of sp³-hybridized carbons (Fsp3) is 0.250. The normalized spacial score (nSPS) is 11.8. The molecule has 2 aromatic heterocycles. The Hall–Kier alpha value is -2.39. The number of nitrogens with zero attached hydrogens (tertiary/aromatic N) is 2. The number of nitrogens with one attached hydrogen (secondary N) is 1. The van der Waals surface area contributed by atoms with Crippen LogP contribution in [0, 0.1) is 0 Å². The number of thiazole rings is 1. The van der Waals surface area contributed by atoms with Crippen LogP contribution in [0.25, 0.3) is 16.2 Å². The highest BCUT2D eigenvalue weighted by atomic mass is 32.1. The number of halogens is 3. The highest BCUT2D eigenvalue weighted by Gasteiger charge is 2.31. The molecule has 132 valence electrons. The molecule has 0 saturated heterocycles. The summed E-state index contributed by atoms with van der Waals surface area (Å²) in [6.07, 6.45) is -2.79. The van der Waals surface area contributed by atoms with E-state index >= 15 is 0 Å². The van der Waals surface area contributed by atoms with Crippen LogP contribution >= 0.6 is 11.3 Å². The maximum absolute atomic E-state index is 13.0. The zero-order chi connectivity index (χ0) is 18.0. The predicted octanol–water partition coefficient (Wildman–Crippen LogP) is 3.46. The van der Waals surface area contributed by atoms with Gasteiger partial charge < -0.3 is 10.1 Å². The van der Waals surface area contributed by atoms with Crippen molar-refractivity contribution in [2.75, 3.05) is 20.3 Å². The van der Waals surface area contributed by atoms with Crippen molar-refractivity contribution in [1.82, 2.24) is 14.7 Å². The molecular weight excluding hydrogens is 355 g/mol. The van der Waals surface area contributed by atoms with Crippen LogP contribution in [-0.2, 0) is 10.9 Å². The van der Waals surface area contributed by atoms with Crippen LogP contribution in [0.1, 0.15) is 16.1 Å². The van der Waals surface area contributed by atoms with Gasteiger partial charge in [0.1, 0.15) is 0 Å². The highest BCUT2D eigenvalue weighted by molar-refractivity contribution is 7.15. The molecule has 25 heavy (non-hydrogen) atoms. The third-order valence-corrected chi connectivity index (χ3v) is 4.29. The van der Waals surface area contributed by atoms with Gasteiger partial charge in [-0.1, -0.05) is 12.1 Å². The molecule has 0 bridgehead atoms. The standard InChI is InChI=1S/C16H14F3N3O2S/c1-24-7-5-20-14(23)12-13(22-6-8-25-15(22)21-12)10-3-2-4-11(9-10)16(17,18)19/h2-4,6,8-9H,5,7H2,1H3,(H,20,23). The Kier molecular flexibility index (Phi) is 4.78. The number of aromatic nitrogens is 2. The summed E-state index contributed by atoms with van der Waals surface area (Å²) < 4.78 is 45.5. The number of carbonyl (C=O) groups is 1. The van der Waals surface area contributed by atoms with Gasteiger partial charge in [-0.25, -0.2) is 4.98 Å². The van der Waals surface area contributed by atoms with Crippen molar-refractivity contribution in [2.45, 2.75) is 6.18 Å². The van der Waals surface area contributed by atoms with Crippen molar-refractivity contribution >= 4 is 22.2 Å². The molecule has 1 N–H and O–H groups in total. The molecule has 0 unspecified atom stereocenters. The second-order valence-corrected chi connectivity index (χ2v) is 6.06. The van der Waals surface area contributed by atoms with Gasteiger partial charge in [0.05, 0.1) is 17.9 Å². The molecule has 3 rings (SSSR count). The molecular formula is C16H14F3N3O2S. The Balaban J connectivity index is 2.07. The van der Waals surface area contributed by atoms with Gasteiger partial charge in [0.25, 0.3) is 5.91 Å². The SMILES string of the molecule is COCCNC(=O)c1nc2sccn2c1-c1cccc(C(F)(F)F)c1. The van der Waals surface area contributed by atoms with Crippen molar-refractivity contribution in [2.24, 2.45) is 0 Å². The van der Waals surface area contributed by atoms with Gasteiger partial charge in [-0.3, -0.25) is 9.20 Å². The maximum Gasteiger partial charge on any atom is 0.416 e. The lowest BCUT2D eigenvalue weighted by Gasteiger charge is -2.10. The minimum Gasteiger partial charge on any atom is -0.383 e. The Morgan fingerprint density at radius 3 is 2.92 bits per heavy atom. The summed E-state index contributed by atoms with van der Waals surface area (Å²) >= 11 is 1.30. The number of benzene rings is 1. The van der Waals surface area contributed by atoms with E-state index in [-0.39, 0.29) is 17.8 Å². The number of amides is 1. The second kappa shape index (κ2) is 6.85. The van der Waals surface area contributed by atoms with Gasteiger partial charge in [0, 0.05) is 30.8 Å². The van der Waals surface area contributed by atoms with E-state index in [2.05, 4.69) is 10.3 Å². The summed E-state index contributed by atoms with van der Waals surface area (Å²) in [7, 11) is 1.51. The van der Waals surface area contributed by atoms with Crippen LogP contribution in [0.5, 0.6) is 0 Å². The first kappa shape index (κ1) is 17.4. The summed E-state index contributed by atoms with van der Waals surface area (Å²) in [5.41, 5.74) is -0.0851. The summed E-state index contributed by atoms with van der Waals surface area (Å²) in [4.78, 5) is 17.2. The third kappa shape index (κ3) is 3.52. The van der Waals surface area contributed by atoms with Gasteiger partial charge in [-0.15, -0.1) is 11.3 Å². The molecule has 0 aliphatic heterocycles. The zero-order valence-electron chi connectivity index (χ0n) is 13.1. The summed E-state index contributed by atoms with van der Waals surface area (Å²) in [5.74, 6) is -0.458. The molecule has 9 heteroatoms. The number of alkyl halides is 3. The van der Waals surface area contributed by atoms with Gasteiger partial charge in [0.2, 0.25) is 0 Å². The molecule has 0 saturated carbocycles. The number of rotatable bonds is 5. The van der Waals surface area contributed by atoms with Crippen LogP contribution in [0.3, 0.4) is 0 Å². The average molecular weight is 369 g/mol. The Labute approximate surface area is 145 Å². The maximum atomic E-state index is 13.0. The molecule has 1 amide bonds. The number of methoxy groups -OCH3 is 1. The fourth-order valence-corrected chi connectivity index (χ4v) is 3.13. The van der Waals surface area contributed by atoms with E-state index < -0.39 is 17.6 Å². The van der Waals surface area contributed by atoms with Gasteiger partial charge in [-0.05, 0) is 12.1 Å². The minimum atomic E-state index is -4.46. The number of hydrogen-bond acceptors (Lipinski definition) is 4. The van der Waals surface area contributed by atoms with Crippen molar-refractivity contribution in [3.05, 3.63) is 47.1 Å². The Morgan fingerprint density at radius 2 is 2.20 bits per heavy atom. The van der Waals surface area contributed by atoms with Crippen LogP contribution in [-0.4, -0.2) is 35.6 Å². The number of fused-ring (bicyclic) bond motifs is 1. The zero-order valence-corrected chi connectivity index (χ0v) is 13.9. The van der Waals surface area contributed by atoms with Gasteiger partial charge in [0.15, 0.2) is 10.7 Å². The van der Waals surface area contributed by atoms with E-state index in [1.54, 1.807) is 16.0 Å². The fourth-order valence-electron chi connectivity index (χ4n) is 2.41. The van der Waals surface area contributed by atoms with E-state index in [1.165, 1.54) is 30.6 Å². The second-order valence-electron chi connectivity index (χ2n) is 5.19. The predicted molar refractivity (Wildman–Crippen MR) is 87.7 cm³/mol. The van der Waals surface area contributed by atoms with Crippen molar-refractivity contribution in [3.8, 4) is 11.3 Å². The smallest absolute Gasteiger partial charge is 0.383 e. The largest absolute Gasteiger partial charge is 0.416 e. The molecule has 0 radical (unpaired) electrons. The van der Waals surface area contributed by atoms with Crippen LogP contribution in [0.4, 0.5) is 13.2 Å². The lowest BCUT2D eigenvalue weighted by molar-refractivity contribution is -0.137. The van der Waals surface area contributed by atoms with E-state index in [1.807, 2.05) is 0 Å². The lowest BCUT2D eigenvalue weighted by atomic mass is 10.1. The monoisotopic (exact) mass is 369 g/mol. The van der Waals surface area contributed by atoms with Gasteiger partial charge in [-0.2, -0.15) is 13.2 Å². The molecule has 0 atom stereocenters. The van der Waals surface area contributed by atoms with Crippen molar-refractivity contribution in [3.63, 3.8) is 0 Å². The molecule has 0 spiro atoms. The Morgan fingerprint density at radius 1 is 1.40 bits per heavy atom. The van der Waals surface area contributed by atoms with Crippen LogP contribution in [0.2, 0.25) is 0 Å². The van der Waals surface area contributed by atoms with Crippen LogP contribution < -0.4 is 5.32 Å². The molecule has 3 aromatic rings. The highest BCUT2D eigenvalue weighted by Crippen LogP contribution is 2.34. The lowest BCUT2D eigenvalue weighted by Crippen LogP contribution is -2.27. The first-order chi connectivity index (χ1) is 11.9. The first-order valence-corrected chi connectivity index (χ1v) is 8.20.